The van der Waals surface area contributed by atoms with Crippen molar-refractivity contribution in [1.82, 2.24) is 0 Å². The molecule has 0 aliphatic heterocycles. The van der Waals surface area contributed by atoms with Crippen molar-refractivity contribution in [2.45, 2.75) is 0 Å². The van der Waals surface area contributed by atoms with Crippen LogP contribution in [0.1, 0.15) is 0 Å². The number of quaternary nitrogens is 10. The largest absolute Gasteiger partial charge is 5.00 e. The van der Waals surface area contributed by atoms with Crippen LogP contribution in [0.2, 0.25) is 0 Å². The van der Waals surface area contributed by atoms with E-state index in [-0.39, 0.29) is 590 Å². The predicted octanol–water partition coefficient (Wildman–Crippen LogP) is -25.2. The molecule has 0 atom stereocenters. The number of hydrogen-bond donors (Lipinski definition) is 0. The fourth-order valence-electron chi connectivity index (χ4n) is 0. The summed E-state index contributed by atoms with van der Waals surface area (Å²) >= 11 is 0. The first-order valence-corrected chi connectivity index (χ1v) is 17.9. The summed E-state index contributed by atoms with van der Waals surface area (Å²) in [5.74, 6) is 0. The Morgan fingerprint density at radius 3 is 0.0917 bits per heavy atom. The van der Waals surface area contributed by atoms with Crippen molar-refractivity contribution in [3.63, 3.8) is 0 Å². The van der Waals surface area contributed by atoms with Crippen molar-refractivity contribution in [2.75, 3.05) is 282 Å². The Morgan fingerprint density at radius 1 is 0.0917 bits per heavy atom. The Labute approximate surface area is 907 Å². The van der Waals surface area contributed by atoms with Gasteiger partial charge in [0.1, 0.15) is 0 Å². The Hall–Kier alpha value is 6.41. The van der Waals surface area contributed by atoms with Crippen LogP contribution in [0.3, 0.4) is 0 Å². The van der Waals surface area contributed by atoms with Crippen molar-refractivity contribution >= 4 is 0 Å². The van der Waals surface area contributed by atoms with E-state index in [1.165, 1.54) is 0 Å². The number of hydrogen-bond acceptors (Lipinski definition) is 4. The van der Waals surface area contributed by atoms with Gasteiger partial charge < -0.3 is 376 Å². The molecule has 6 radical (unpaired) electrons. The Kier molecular flexibility index (Phi) is 3390. The molecule has 120 heavy (non-hydrogen) atoms. The van der Waals surface area contributed by atoms with Crippen LogP contribution in [0.25, 0.3) is 0 Å². The van der Waals surface area contributed by atoms with Gasteiger partial charge >= 0.3 is 169 Å². The van der Waals surface area contributed by atoms with E-state index < -0.39 is 0 Å². The molecule has 0 rings (SSSR count). The second-order valence-corrected chi connectivity index (χ2v) is 26.8. The zero-order valence-corrected chi connectivity index (χ0v) is 102. The van der Waals surface area contributed by atoms with Crippen LogP contribution in [0.4, 0.5) is 0 Å². The molecule has 80 heteroatoms. The van der Waals surface area contributed by atoms with Crippen LogP contribution < -0.4 is 24.8 Å². The second kappa shape index (κ2) is 440. The minimum absolute atomic E-state index is 0. The third kappa shape index (κ3) is 46100. The van der Waals surface area contributed by atoms with E-state index in [4.69, 9.17) is 0 Å². The van der Waals surface area contributed by atoms with E-state index in [1.807, 2.05) is 0 Å². The molecule has 0 amide bonds. The first-order chi connectivity index (χ1) is 20.0. The van der Waals surface area contributed by atoms with Crippen molar-refractivity contribution in [3.05, 3.63) is 0 Å². The molecular weight excluding hydrogens is 2620 g/mol. The molecule has 0 aromatic rings. The van der Waals surface area contributed by atoms with Crippen LogP contribution in [0, 0.1) is 0 Å². The van der Waals surface area contributed by atoms with Gasteiger partial charge in [-0.25, -0.2) is 0 Å². The van der Waals surface area contributed by atoms with Gasteiger partial charge in [0.15, 0.2) is 0 Å². The maximum Gasteiger partial charge on any atom is 5.00 e. The van der Waals surface area contributed by atoms with Crippen LogP contribution in [0.15, 0.2) is 0 Å². The van der Waals surface area contributed by atoms with Crippen LogP contribution in [0.5, 0.6) is 0 Å². The number of rotatable bonds is 0. The maximum absolute atomic E-state index is 2.12. The summed E-state index contributed by atoms with van der Waals surface area (Å²) in [4.78, 5) is 0. The van der Waals surface area contributed by atoms with Gasteiger partial charge in [0, 0.05) is 89.5 Å². The summed E-state index contributed by atoms with van der Waals surface area (Å²) in [6.45, 7) is 0. The summed E-state index contributed by atoms with van der Waals surface area (Å²) in [6.07, 6.45) is 0. The monoisotopic (exact) mass is 2790 g/mol. The zero-order chi connectivity index (χ0) is 45.0. The number of halogens is 2. The first kappa shape index (κ1) is 923. The summed E-state index contributed by atoms with van der Waals surface area (Å²) in [5.41, 5.74) is 0. The minimum Gasteiger partial charge on any atom is -2.00 e. The third-order valence-electron chi connectivity index (χ3n) is 0. The van der Waals surface area contributed by atoms with E-state index in [1.54, 1.807) is 0 Å². The van der Waals surface area contributed by atoms with Gasteiger partial charge in [-0.1, -0.05) is 0 Å². The molecule has 0 spiro atoms. The molecule has 66 nitrogen and oxygen atoms in total. The Morgan fingerprint density at radius 2 is 0.0917 bits per heavy atom. The van der Waals surface area contributed by atoms with Gasteiger partial charge in [-0.2, -0.15) is 0 Å². The standard InChI is InChI=1S/10C4H12N.2ClH.2Cr.10Nb.26H2O.30O/c10*1-5(2,3)4;;;;;;;;;;;;;;;;;;;;;;;;;;;;;;;;;;;;;;;;;;;;;;;;;;;;;;;;;;;;;;;;;;;;;;/h10*1-4H3;2*1H;;;;;;;;;;;;;26*1H2;;;;;;;;;;;;;;;;;;;;;;;;;;;;;;/q10*+1;;;2*+5;;;;;6*+5;;;;;;;;;;;;;;;;;;;;;;;;;;;30*-2/p-6. The SMILES string of the molecule is C[N+](C)(C)C.C[N+](C)(C)C.C[N+](C)(C)C.C[N+](C)(C)C.C[N+](C)(C)C.C[N+](C)(C)C.C[N+](C)(C)C.C[N+](C)(C)C.C[N+](C)(C)C.C[N+](C)(C)C.O.O.O.O.O.O.O.O.O.O.O.O.O.O.O.O.O.O.O.O.O.O.[Cl-].[Cl-].[Cr+5].[Cr+5].[Nb+5].[Nb+5].[Nb+5].[Nb+5].[Nb+5].[Nb+5].[Nb].[Nb].[Nb].[Nb].[O-2].[O-2].[O-2].[O-2].[O-2].[O-2].[O-2].[O-2].[O-2].[O-2].[O-2].[O-2].[O-2].[O-2].[O-2].[O-2].[O-2].[O-2].[O-2].[O-2].[O-2].[O-2].[O-2].[O-2].[O-2].[O-2].[O-2].[O-2].[O-2].[O-2].[OH-].[OH-].[OH-].[OH-]. The van der Waals surface area contributed by atoms with Crippen molar-refractivity contribution in [1.29, 1.82) is 0 Å². The molecule has 0 bridgehead atoms. The summed E-state index contributed by atoms with van der Waals surface area (Å²) in [7, 11) is 85.0. The first-order valence-electron chi connectivity index (χ1n) is 17.9. The topological polar surface area (TPSA) is 1670 Å². The smallest absolute Gasteiger partial charge is 2.00 e. The summed E-state index contributed by atoms with van der Waals surface area (Å²) in [6, 6.07) is 0. The summed E-state index contributed by atoms with van der Waals surface area (Å²) < 4.78 is 10.0. The normalized spacial score (nSPS) is 5.00. The quantitative estimate of drug-likeness (QED) is 0.168. The molecule has 0 saturated carbocycles. The fourth-order valence-corrected chi connectivity index (χ4v) is 0. The minimum atomic E-state index is 0. The average molecular weight is 2790 g/mol. The molecule has 806 valence electrons. The Balaban J connectivity index is -0.00000000178. The molecule has 0 aliphatic rings. The number of nitrogens with zero attached hydrogens (tertiary/aromatic N) is 10. The molecular formula is C40H168Cl2Cr2N10Nb10O56-16. The molecule has 0 aromatic carbocycles. The fraction of sp³-hybridized carbons (Fsp3) is 1.00. The third-order valence-corrected chi connectivity index (χ3v) is 0. The van der Waals surface area contributed by atoms with Gasteiger partial charge in [0.25, 0.3) is 0 Å². The molecule has 0 fully saturated rings. The van der Waals surface area contributed by atoms with E-state index in [0.717, 1.165) is 44.8 Å². The van der Waals surface area contributed by atoms with E-state index >= 15 is 0 Å². The van der Waals surface area contributed by atoms with Crippen molar-refractivity contribution in [3.8, 4) is 0 Å². The molecule has 0 saturated heterocycles. The van der Waals surface area contributed by atoms with E-state index in [9.17, 15) is 0 Å². The average Bonchev–Trinajstić information content (AvgIpc) is 2.34. The molecule has 0 unspecified atom stereocenters. The van der Waals surface area contributed by atoms with Crippen LogP contribution in [-0.4, -0.2) is 469 Å². The van der Waals surface area contributed by atoms with E-state index in [0.29, 0.717) is 0 Å². The Bertz CT molecular complexity index is 575. The zero-order valence-electron chi connectivity index (χ0n) is 75.6. The van der Waals surface area contributed by atoms with E-state index in [2.05, 4.69) is 282 Å². The van der Waals surface area contributed by atoms with Crippen molar-refractivity contribution < 1.29 is 635 Å². The van der Waals surface area contributed by atoms with Gasteiger partial charge in [-0.15, -0.1) is 0 Å². The van der Waals surface area contributed by atoms with Gasteiger partial charge in [-0.05, 0) is 0 Å². The molecule has 48 N–H and O–H groups in total. The van der Waals surface area contributed by atoms with Gasteiger partial charge in [0.2, 0.25) is 0 Å². The van der Waals surface area contributed by atoms with Gasteiger partial charge in [-0.3, -0.25) is 0 Å². The molecule has 0 aromatic heterocycles. The van der Waals surface area contributed by atoms with Crippen LogP contribution >= 0.6 is 0 Å². The van der Waals surface area contributed by atoms with Crippen LogP contribution in [-0.2, 0) is 423 Å². The summed E-state index contributed by atoms with van der Waals surface area (Å²) in [5, 5.41) is 0. The second-order valence-electron chi connectivity index (χ2n) is 26.8. The maximum atomic E-state index is 2.12. The molecule has 0 aliphatic carbocycles. The van der Waals surface area contributed by atoms with Gasteiger partial charge in [0.05, 0.1) is 282 Å². The predicted molar refractivity (Wildman–Crippen MR) is 347 cm³/mol. The van der Waals surface area contributed by atoms with Crippen molar-refractivity contribution in [2.24, 2.45) is 0 Å². The molecule has 0 heterocycles.